The summed E-state index contributed by atoms with van der Waals surface area (Å²) in [6.45, 7) is 0.432. The molecule has 0 aliphatic carbocycles. The van der Waals surface area contributed by atoms with E-state index in [1.54, 1.807) is 36.2 Å². The van der Waals surface area contributed by atoms with Crippen LogP contribution in [0, 0.1) is 0 Å². The Bertz CT molecular complexity index is 683. The molecule has 0 radical (unpaired) electrons. The third-order valence-electron chi connectivity index (χ3n) is 3.30. The van der Waals surface area contributed by atoms with Gasteiger partial charge in [0.15, 0.2) is 0 Å². The van der Waals surface area contributed by atoms with Crippen LogP contribution >= 0.6 is 11.8 Å². The largest absolute Gasteiger partial charge is 0.478 e. The zero-order valence-corrected chi connectivity index (χ0v) is 13.3. The minimum absolute atomic E-state index is 0.0488. The second kappa shape index (κ2) is 7.13. The van der Waals surface area contributed by atoms with Crippen molar-refractivity contribution in [2.75, 3.05) is 13.3 Å². The van der Waals surface area contributed by atoms with Crippen LogP contribution in [0.25, 0.3) is 0 Å². The number of carboxylic acids is 1. The number of thioether (sulfide) groups is 1. The summed E-state index contributed by atoms with van der Waals surface area (Å²) < 4.78 is 0. The lowest BCUT2D eigenvalue weighted by molar-refractivity contribution is 0.0695. The van der Waals surface area contributed by atoms with E-state index in [1.807, 2.05) is 30.5 Å². The molecule has 0 aromatic heterocycles. The standard InChI is InChI=1S/C17H17NO3S/c1-18(11-12-7-9-13(10-8-12)17(20)21)16(19)14-5-3-4-6-15(14)22-2/h3-10H,11H2,1-2H3,(H,20,21). The Labute approximate surface area is 133 Å². The molecule has 5 heteroatoms. The number of rotatable bonds is 5. The number of carbonyl (C=O) groups excluding carboxylic acids is 1. The summed E-state index contributed by atoms with van der Waals surface area (Å²) in [5, 5.41) is 8.89. The van der Waals surface area contributed by atoms with E-state index in [9.17, 15) is 9.59 Å². The molecular weight excluding hydrogens is 298 g/mol. The molecule has 0 aliphatic rings. The van der Waals surface area contributed by atoms with E-state index in [4.69, 9.17) is 5.11 Å². The van der Waals surface area contributed by atoms with Crippen LogP contribution in [-0.2, 0) is 6.54 Å². The highest BCUT2D eigenvalue weighted by atomic mass is 32.2. The number of nitrogens with zero attached hydrogens (tertiary/aromatic N) is 1. The van der Waals surface area contributed by atoms with Gasteiger partial charge in [-0.15, -0.1) is 11.8 Å². The van der Waals surface area contributed by atoms with Crippen LogP contribution in [0.1, 0.15) is 26.3 Å². The Hall–Kier alpha value is -2.27. The van der Waals surface area contributed by atoms with Crippen molar-refractivity contribution in [3.63, 3.8) is 0 Å². The average Bonchev–Trinajstić information content (AvgIpc) is 2.54. The summed E-state index contributed by atoms with van der Waals surface area (Å²) in [7, 11) is 1.74. The molecule has 2 rings (SSSR count). The van der Waals surface area contributed by atoms with Crippen LogP contribution in [0.3, 0.4) is 0 Å². The van der Waals surface area contributed by atoms with Gasteiger partial charge in [-0.2, -0.15) is 0 Å². The Kier molecular flexibility index (Phi) is 5.22. The lowest BCUT2D eigenvalue weighted by Gasteiger charge is -2.19. The quantitative estimate of drug-likeness (QED) is 0.859. The molecule has 0 heterocycles. The molecular formula is C17H17NO3S. The average molecular weight is 315 g/mol. The molecule has 0 bridgehead atoms. The normalized spacial score (nSPS) is 10.3. The lowest BCUT2D eigenvalue weighted by Crippen LogP contribution is -2.26. The Balaban J connectivity index is 2.12. The van der Waals surface area contributed by atoms with Crippen LogP contribution in [0.15, 0.2) is 53.4 Å². The Morgan fingerprint density at radius 3 is 2.32 bits per heavy atom. The van der Waals surface area contributed by atoms with Gasteiger partial charge in [0.25, 0.3) is 5.91 Å². The van der Waals surface area contributed by atoms with Crippen LogP contribution in [0.4, 0.5) is 0 Å². The topological polar surface area (TPSA) is 57.6 Å². The van der Waals surface area contributed by atoms with Crippen LogP contribution in [0.2, 0.25) is 0 Å². The van der Waals surface area contributed by atoms with Gasteiger partial charge >= 0.3 is 5.97 Å². The second-order valence-electron chi connectivity index (χ2n) is 4.86. The summed E-state index contributed by atoms with van der Waals surface area (Å²) in [6, 6.07) is 14.1. The molecule has 2 aromatic rings. The minimum Gasteiger partial charge on any atom is -0.478 e. The highest BCUT2D eigenvalue weighted by Gasteiger charge is 2.15. The molecule has 0 unspecified atom stereocenters. The lowest BCUT2D eigenvalue weighted by atomic mass is 10.1. The molecule has 0 saturated carbocycles. The summed E-state index contributed by atoms with van der Waals surface area (Å²) in [5.41, 5.74) is 1.81. The first-order valence-corrected chi connectivity index (χ1v) is 7.96. The van der Waals surface area contributed by atoms with Crippen LogP contribution in [-0.4, -0.2) is 35.2 Å². The Morgan fingerprint density at radius 2 is 1.73 bits per heavy atom. The minimum atomic E-state index is -0.954. The number of benzene rings is 2. The fraction of sp³-hybridized carbons (Fsp3) is 0.176. The van der Waals surface area contributed by atoms with Crippen molar-refractivity contribution in [1.29, 1.82) is 0 Å². The zero-order valence-electron chi connectivity index (χ0n) is 12.4. The maximum atomic E-state index is 12.5. The predicted octanol–water partition coefficient (Wildman–Crippen LogP) is 3.38. The number of carboxylic acid groups (broad SMARTS) is 1. The van der Waals surface area contributed by atoms with Gasteiger partial charge in [0.2, 0.25) is 0 Å². The van der Waals surface area contributed by atoms with E-state index < -0.39 is 5.97 Å². The highest BCUT2D eigenvalue weighted by molar-refractivity contribution is 7.98. The number of hydrogen-bond acceptors (Lipinski definition) is 3. The fourth-order valence-corrected chi connectivity index (χ4v) is 2.72. The molecule has 4 nitrogen and oxygen atoms in total. The maximum Gasteiger partial charge on any atom is 0.335 e. The number of aromatic carboxylic acids is 1. The van der Waals surface area contributed by atoms with Crippen molar-refractivity contribution in [2.24, 2.45) is 0 Å². The van der Waals surface area contributed by atoms with Crippen molar-refractivity contribution in [2.45, 2.75) is 11.4 Å². The molecule has 0 fully saturated rings. The van der Waals surface area contributed by atoms with E-state index in [1.165, 1.54) is 11.8 Å². The van der Waals surface area contributed by atoms with Gasteiger partial charge in [-0.1, -0.05) is 24.3 Å². The first-order chi connectivity index (χ1) is 10.5. The van der Waals surface area contributed by atoms with Gasteiger partial charge in [-0.3, -0.25) is 4.79 Å². The summed E-state index contributed by atoms with van der Waals surface area (Å²) >= 11 is 1.54. The molecule has 0 aliphatic heterocycles. The van der Waals surface area contributed by atoms with Crippen molar-refractivity contribution in [3.8, 4) is 0 Å². The first-order valence-electron chi connectivity index (χ1n) is 6.73. The predicted molar refractivity (Wildman–Crippen MR) is 87.4 cm³/mol. The molecule has 0 spiro atoms. The molecule has 114 valence electrons. The van der Waals surface area contributed by atoms with Gasteiger partial charge in [-0.25, -0.2) is 4.79 Å². The SMILES string of the molecule is CSc1ccccc1C(=O)N(C)Cc1ccc(C(=O)O)cc1. The fourth-order valence-electron chi connectivity index (χ4n) is 2.13. The van der Waals surface area contributed by atoms with Crippen molar-refractivity contribution >= 4 is 23.6 Å². The number of hydrogen-bond donors (Lipinski definition) is 1. The van der Waals surface area contributed by atoms with Crippen LogP contribution < -0.4 is 0 Å². The van der Waals surface area contributed by atoms with Gasteiger partial charge in [0.1, 0.15) is 0 Å². The van der Waals surface area contributed by atoms with Gasteiger partial charge < -0.3 is 10.0 Å². The van der Waals surface area contributed by atoms with E-state index >= 15 is 0 Å². The van der Waals surface area contributed by atoms with E-state index in [0.29, 0.717) is 12.1 Å². The number of amides is 1. The third kappa shape index (κ3) is 3.68. The molecule has 22 heavy (non-hydrogen) atoms. The van der Waals surface area contributed by atoms with Gasteiger partial charge in [0, 0.05) is 18.5 Å². The summed E-state index contributed by atoms with van der Waals surface area (Å²) in [5.74, 6) is -1.00. The maximum absolute atomic E-state index is 12.5. The Morgan fingerprint density at radius 1 is 1.09 bits per heavy atom. The van der Waals surface area contributed by atoms with E-state index in [2.05, 4.69) is 0 Å². The zero-order chi connectivity index (χ0) is 16.1. The molecule has 0 atom stereocenters. The molecule has 1 amide bonds. The monoisotopic (exact) mass is 315 g/mol. The van der Waals surface area contributed by atoms with Gasteiger partial charge in [-0.05, 0) is 36.1 Å². The van der Waals surface area contributed by atoms with E-state index in [0.717, 1.165) is 10.5 Å². The van der Waals surface area contributed by atoms with Crippen LogP contribution in [0.5, 0.6) is 0 Å². The third-order valence-corrected chi connectivity index (χ3v) is 4.10. The second-order valence-corrected chi connectivity index (χ2v) is 5.71. The molecule has 0 saturated heterocycles. The summed E-state index contributed by atoms with van der Waals surface area (Å²) in [4.78, 5) is 25.9. The summed E-state index contributed by atoms with van der Waals surface area (Å²) in [6.07, 6.45) is 1.94. The number of carbonyl (C=O) groups is 2. The van der Waals surface area contributed by atoms with Crippen molar-refractivity contribution in [3.05, 3.63) is 65.2 Å². The highest BCUT2D eigenvalue weighted by Crippen LogP contribution is 2.21. The van der Waals surface area contributed by atoms with Crippen molar-refractivity contribution < 1.29 is 14.7 Å². The smallest absolute Gasteiger partial charge is 0.335 e. The van der Waals surface area contributed by atoms with Gasteiger partial charge in [0.05, 0.1) is 11.1 Å². The first kappa shape index (κ1) is 16.1. The molecule has 2 aromatic carbocycles. The van der Waals surface area contributed by atoms with E-state index in [-0.39, 0.29) is 11.5 Å². The molecule has 1 N–H and O–H groups in total. The van der Waals surface area contributed by atoms with Crippen molar-refractivity contribution in [1.82, 2.24) is 4.90 Å².